The molecule has 0 amide bonds. The number of benzene rings is 1. The number of aryl methyl sites for hydroxylation is 3. The number of hydrogen-bond acceptors (Lipinski definition) is 3. The van der Waals surface area contributed by atoms with Crippen molar-refractivity contribution in [2.24, 2.45) is 5.92 Å². The lowest BCUT2D eigenvalue weighted by Crippen LogP contribution is -2.17. The Morgan fingerprint density at radius 2 is 2.20 bits per heavy atom. The summed E-state index contributed by atoms with van der Waals surface area (Å²) < 4.78 is 0. The predicted molar refractivity (Wildman–Crippen MR) is 81.2 cm³/mol. The molecule has 1 aromatic carbocycles. The van der Waals surface area contributed by atoms with E-state index in [0.717, 1.165) is 17.7 Å². The highest BCUT2D eigenvalue weighted by atomic mass is 32.1. The van der Waals surface area contributed by atoms with Gasteiger partial charge in [0.1, 0.15) is 0 Å². The summed E-state index contributed by atoms with van der Waals surface area (Å²) in [6, 6.07) is 8.08. The lowest BCUT2D eigenvalue weighted by molar-refractivity contribution is -0.141. The molecule has 0 aliphatic rings. The van der Waals surface area contributed by atoms with Crippen LogP contribution in [-0.4, -0.2) is 16.1 Å². The van der Waals surface area contributed by atoms with Crippen LogP contribution in [0.5, 0.6) is 0 Å². The number of carbonyl (C=O) groups is 1. The molecule has 106 valence electrons. The summed E-state index contributed by atoms with van der Waals surface area (Å²) in [5.41, 5.74) is 5.11. The number of aliphatic carboxylic acids is 1. The first-order valence-corrected chi connectivity index (χ1v) is 7.61. The molecule has 0 saturated heterocycles. The third kappa shape index (κ3) is 3.90. The fourth-order valence-corrected chi connectivity index (χ4v) is 3.10. The maximum Gasteiger partial charge on any atom is 0.306 e. The van der Waals surface area contributed by atoms with Crippen LogP contribution in [0.25, 0.3) is 0 Å². The molecule has 0 aliphatic heterocycles. The van der Waals surface area contributed by atoms with Crippen LogP contribution in [0.15, 0.2) is 29.8 Å². The van der Waals surface area contributed by atoms with Gasteiger partial charge in [-0.15, -0.1) is 11.3 Å². The number of carboxylic acids is 1. The Labute approximate surface area is 123 Å². The van der Waals surface area contributed by atoms with E-state index in [1.54, 1.807) is 11.3 Å². The highest BCUT2D eigenvalue weighted by molar-refractivity contribution is 7.09. The zero-order chi connectivity index (χ0) is 14.5. The van der Waals surface area contributed by atoms with E-state index in [1.807, 2.05) is 37.6 Å². The summed E-state index contributed by atoms with van der Waals surface area (Å²) in [6.07, 6.45) is 2.04. The largest absolute Gasteiger partial charge is 0.481 e. The van der Waals surface area contributed by atoms with Crippen LogP contribution in [0.1, 0.15) is 28.1 Å². The zero-order valence-corrected chi connectivity index (χ0v) is 12.6. The molecule has 0 bridgehead atoms. The van der Waals surface area contributed by atoms with Gasteiger partial charge in [0.2, 0.25) is 0 Å². The Kier molecular flexibility index (Phi) is 4.90. The summed E-state index contributed by atoms with van der Waals surface area (Å²) in [7, 11) is 0. The molecule has 2 aromatic rings. The standard InChI is InChI=1S/C16H19NO2S/c1-11-4-3-5-13(8-11)9-14(16(18)19)6-7-15-12(2)17-10-20-15/h3-5,8,10,14H,6-7,9H2,1-2H3,(H,18,19). The number of hydrogen-bond donors (Lipinski definition) is 1. The van der Waals surface area contributed by atoms with Crippen molar-refractivity contribution in [2.75, 3.05) is 0 Å². The summed E-state index contributed by atoms with van der Waals surface area (Å²) in [4.78, 5) is 16.8. The third-order valence-corrected chi connectivity index (χ3v) is 4.47. The van der Waals surface area contributed by atoms with Gasteiger partial charge in [-0.3, -0.25) is 4.79 Å². The van der Waals surface area contributed by atoms with E-state index < -0.39 is 5.97 Å². The summed E-state index contributed by atoms with van der Waals surface area (Å²) in [6.45, 7) is 4.00. The average Bonchev–Trinajstić information content (AvgIpc) is 2.80. The molecular weight excluding hydrogens is 270 g/mol. The first-order chi connectivity index (χ1) is 9.56. The number of carboxylic acid groups (broad SMARTS) is 1. The zero-order valence-electron chi connectivity index (χ0n) is 11.8. The van der Waals surface area contributed by atoms with Gasteiger partial charge in [0, 0.05) is 4.88 Å². The molecule has 0 radical (unpaired) electrons. The van der Waals surface area contributed by atoms with Crippen LogP contribution < -0.4 is 0 Å². The molecule has 0 fully saturated rings. The van der Waals surface area contributed by atoms with E-state index in [1.165, 1.54) is 10.4 Å². The van der Waals surface area contributed by atoms with E-state index >= 15 is 0 Å². The average molecular weight is 289 g/mol. The Bertz CT molecular complexity index is 592. The van der Waals surface area contributed by atoms with Crippen molar-refractivity contribution < 1.29 is 9.90 Å². The SMILES string of the molecule is Cc1cccc(CC(CCc2scnc2C)C(=O)O)c1. The Morgan fingerprint density at radius 3 is 2.80 bits per heavy atom. The maximum absolute atomic E-state index is 11.4. The van der Waals surface area contributed by atoms with E-state index in [2.05, 4.69) is 11.1 Å². The number of rotatable bonds is 6. The predicted octanol–water partition coefficient (Wildman–Crippen LogP) is 3.64. The van der Waals surface area contributed by atoms with Crippen molar-refractivity contribution in [1.82, 2.24) is 4.98 Å². The van der Waals surface area contributed by atoms with E-state index in [4.69, 9.17) is 0 Å². The van der Waals surface area contributed by atoms with Crippen molar-refractivity contribution in [3.63, 3.8) is 0 Å². The minimum Gasteiger partial charge on any atom is -0.481 e. The summed E-state index contributed by atoms with van der Waals surface area (Å²) >= 11 is 1.61. The molecule has 4 heteroatoms. The third-order valence-electron chi connectivity index (χ3n) is 3.48. The Balaban J connectivity index is 2.01. The molecule has 3 nitrogen and oxygen atoms in total. The summed E-state index contributed by atoms with van der Waals surface area (Å²) in [5.74, 6) is -1.05. The molecule has 1 unspecified atom stereocenters. The highest BCUT2D eigenvalue weighted by Gasteiger charge is 2.18. The monoisotopic (exact) mass is 289 g/mol. The molecular formula is C16H19NO2S. The van der Waals surface area contributed by atoms with Crippen molar-refractivity contribution in [1.29, 1.82) is 0 Å². The quantitative estimate of drug-likeness (QED) is 0.883. The van der Waals surface area contributed by atoms with Crippen LogP contribution >= 0.6 is 11.3 Å². The number of nitrogens with zero attached hydrogens (tertiary/aromatic N) is 1. The van der Waals surface area contributed by atoms with Crippen LogP contribution in [-0.2, 0) is 17.6 Å². The molecule has 1 heterocycles. The van der Waals surface area contributed by atoms with Gasteiger partial charge in [-0.25, -0.2) is 4.98 Å². The minimum absolute atomic E-state index is 0.335. The second kappa shape index (κ2) is 6.66. The first-order valence-electron chi connectivity index (χ1n) is 6.73. The lowest BCUT2D eigenvalue weighted by atomic mass is 9.93. The second-order valence-corrected chi connectivity index (χ2v) is 6.07. The van der Waals surface area contributed by atoms with Crippen LogP contribution in [0.3, 0.4) is 0 Å². The Morgan fingerprint density at radius 1 is 1.40 bits per heavy atom. The molecule has 1 atom stereocenters. The molecule has 0 saturated carbocycles. The molecule has 0 spiro atoms. The van der Waals surface area contributed by atoms with Gasteiger partial charge in [-0.05, 0) is 38.7 Å². The van der Waals surface area contributed by atoms with Gasteiger partial charge in [0.05, 0.1) is 17.1 Å². The van der Waals surface area contributed by atoms with Gasteiger partial charge < -0.3 is 5.11 Å². The van der Waals surface area contributed by atoms with Gasteiger partial charge >= 0.3 is 5.97 Å². The van der Waals surface area contributed by atoms with E-state index in [-0.39, 0.29) is 5.92 Å². The van der Waals surface area contributed by atoms with Crippen molar-refractivity contribution in [3.05, 3.63) is 51.5 Å². The fraction of sp³-hybridized carbons (Fsp3) is 0.375. The van der Waals surface area contributed by atoms with Crippen LogP contribution in [0.2, 0.25) is 0 Å². The van der Waals surface area contributed by atoms with Crippen molar-refractivity contribution >= 4 is 17.3 Å². The second-order valence-electron chi connectivity index (χ2n) is 5.13. The Hall–Kier alpha value is -1.68. The van der Waals surface area contributed by atoms with Crippen molar-refractivity contribution in [2.45, 2.75) is 33.1 Å². The smallest absolute Gasteiger partial charge is 0.306 e. The van der Waals surface area contributed by atoms with Gasteiger partial charge in [0.15, 0.2) is 0 Å². The molecule has 20 heavy (non-hydrogen) atoms. The van der Waals surface area contributed by atoms with Crippen LogP contribution in [0, 0.1) is 19.8 Å². The van der Waals surface area contributed by atoms with Gasteiger partial charge in [-0.2, -0.15) is 0 Å². The van der Waals surface area contributed by atoms with Crippen LogP contribution in [0.4, 0.5) is 0 Å². The summed E-state index contributed by atoms with van der Waals surface area (Å²) in [5, 5.41) is 9.39. The fourth-order valence-electron chi connectivity index (χ4n) is 2.31. The van der Waals surface area contributed by atoms with Gasteiger partial charge in [0.25, 0.3) is 0 Å². The minimum atomic E-state index is -0.714. The normalized spacial score (nSPS) is 12.3. The van der Waals surface area contributed by atoms with Gasteiger partial charge in [-0.1, -0.05) is 29.8 Å². The van der Waals surface area contributed by atoms with Crippen molar-refractivity contribution in [3.8, 4) is 0 Å². The molecule has 2 rings (SSSR count). The topological polar surface area (TPSA) is 50.2 Å². The molecule has 0 aliphatic carbocycles. The molecule has 1 aromatic heterocycles. The lowest BCUT2D eigenvalue weighted by Gasteiger charge is -2.12. The molecule has 1 N–H and O–H groups in total. The number of thiazole rings is 1. The van der Waals surface area contributed by atoms with E-state index in [0.29, 0.717) is 12.8 Å². The number of aromatic nitrogens is 1. The highest BCUT2D eigenvalue weighted by Crippen LogP contribution is 2.20. The van der Waals surface area contributed by atoms with E-state index in [9.17, 15) is 9.90 Å². The first kappa shape index (κ1) is 14.7. The maximum atomic E-state index is 11.4.